The van der Waals surface area contributed by atoms with Crippen molar-refractivity contribution in [3.63, 3.8) is 0 Å². The van der Waals surface area contributed by atoms with Crippen molar-refractivity contribution < 1.29 is 9.68 Å². The molecule has 0 amide bonds. The van der Waals surface area contributed by atoms with Crippen molar-refractivity contribution in [1.82, 2.24) is 4.90 Å². The van der Waals surface area contributed by atoms with Crippen LogP contribution in [0.5, 0.6) is 5.75 Å². The highest BCUT2D eigenvalue weighted by Crippen LogP contribution is 2.17. The monoisotopic (exact) mass is 232 g/mol. The highest BCUT2D eigenvalue weighted by molar-refractivity contribution is 6.17. The molecular weight excluding hydrogens is 213 g/mol. The maximum Gasteiger partial charge on any atom is 0.569 e. The van der Waals surface area contributed by atoms with Crippen molar-refractivity contribution in [2.75, 3.05) is 13.1 Å². The largest absolute Gasteiger partial charge is 0.569 e. The summed E-state index contributed by atoms with van der Waals surface area (Å²) in [4.78, 5) is 2.55. The Morgan fingerprint density at radius 2 is 2.18 bits per heavy atom. The molecule has 0 saturated carbocycles. The lowest BCUT2D eigenvalue weighted by Gasteiger charge is -2.20. The molecule has 17 heavy (non-hydrogen) atoms. The van der Waals surface area contributed by atoms with Gasteiger partial charge in [0.05, 0.1) is 5.75 Å². The highest BCUT2D eigenvalue weighted by atomic mass is 16.5. The highest BCUT2D eigenvalue weighted by Gasteiger charge is 2.19. The average Bonchev–Trinajstić information content (AvgIpc) is 2.75. The van der Waals surface area contributed by atoms with Crippen molar-refractivity contribution in [2.45, 2.75) is 32.2 Å². The molecule has 91 valence electrons. The van der Waals surface area contributed by atoms with Crippen LogP contribution in [-0.4, -0.2) is 36.7 Å². The van der Waals surface area contributed by atoms with Crippen LogP contribution in [-0.2, 0) is 6.42 Å². The quantitative estimate of drug-likeness (QED) is 0.783. The summed E-state index contributed by atoms with van der Waals surface area (Å²) in [5, 5.41) is 8.51. The van der Waals surface area contributed by atoms with E-state index in [1.807, 2.05) is 12.1 Å². The molecule has 1 fully saturated rings. The molecule has 1 N–H and O–H groups in total. The van der Waals surface area contributed by atoms with E-state index in [9.17, 15) is 0 Å². The van der Waals surface area contributed by atoms with E-state index in [1.54, 1.807) is 0 Å². The summed E-state index contributed by atoms with van der Waals surface area (Å²) in [5.41, 5.74) is 1.31. The summed E-state index contributed by atoms with van der Waals surface area (Å²) in [5.74, 6) is 0.672. The van der Waals surface area contributed by atoms with Gasteiger partial charge in [-0.25, -0.2) is 0 Å². The zero-order valence-electron chi connectivity index (χ0n) is 10.3. The van der Waals surface area contributed by atoms with Gasteiger partial charge in [0.2, 0.25) is 0 Å². The van der Waals surface area contributed by atoms with Crippen molar-refractivity contribution in [3.8, 4) is 5.75 Å². The summed E-state index contributed by atoms with van der Waals surface area (Å²) in [7, 11) is 0.709. The Kier molecular flexibility index (Phi) is 4.46. The second-order valence-electron chi connectivity index (χ2n) is 4.64. The van der Waals surface area contributed by atoms with Gasteiger partial charge in [-0.1, -0.05) is 12.1 Å². The van der Waals surface area contributed by atoms with E-state index in [-0.39, 0.29) is 0 Å². The molecule has 1 aromatic carbocycles. The lowest BCUT2D eigenvalue weighted by atomic mass is 10.1. The van der Waals surface area contributed by atoms with Gasteiger partial charge in [0, 0.05) is 12.6 Å². The predicted octanol–water partition coefficient (Wildman–Crippen LogP) is 1.62. The van der Waals surface area contributed by atoms with E-state index in [0.29, 0.717) is 13.4 Å². The van der Waals surface area contributed by atoms with Crippen LogP contribution in [0.15, 0.2) is 24.3 Å². The molecule has 0 aromatic heterocycles. The molecule has 1 heterocycles. The molecule has 4 heteroatoms. The van der Waals surface area contributed by atoms with E-state index < -0.39 is 0 Å². The van der Waals surface area contributed by atoms with Gasteiger partial charge < -0.3 is 14.6 Å². The van der Waals surface area contributed by atoms with Crippen LogP contribution in [0.1, 0.15) is 25.3 Å². The van der Waals surface area contributed by atoms with Crippen molar-refractivity contribution in [3.05, 3.63) is 29.8 Å². The van der Waals surface area contributed by atoms with Gasteiger partial charge >= 0.3 is 7.69 Å². The third kappa shape index (κ3) is 3.48. The Labute approximate surface area is 104 Å². The summed E-state index contributed by atoms with van der Waals surface area (Å²) >= 11 is 0. The van der Waals surface area contributed by atoms with Crippen LogP contribution in [0, 0.1) is 0 Å². The molecule has 1 aromatic rings. The molecule has 1 atom stereocenters. The Balaban J connectivity index is 1.82. The van der Waals surface area contributed by atoms with Crippen LogP contribution in [0.25, 0.3) is 0 Å². The smallest absolute Gasteiger partial charge is 0.537 e. The molecule has 3 nitrogen and oxygen atoms in total. The fourth-order valence-electron chi connectivity index (χ4n) is 2.39. The van der Waals surface area contributed by atoms with Crippen LogP contribution in [0.4, 0.5) is 0 Å². The minimum atomic E-state index is 0.672. The molecule has 0 aliphatic carbocycles. The normalized spacial score (nSPS) is 20.5. The van der Waals surface area contributed by atoms with Crippen LogP contribution in [0.2, 0.25) is 0 Å². The minimum absolute atomic E-state index is 0.672. The molecule has 0 spiro atoms. The lowest BCUT2D eigenvalue weighted by Crippen LogP contribution is -2.28. The number of hydrogen-bond acceptors (Lipinski definition) is 3. The number of nitrogens with zero attached hydrogens (tertiary/aromatic N) is 1. The van der Waals surface area contributed by atoms with E-state index in [0.717, 1.165) is 19.0 Å². The molecule has 1 aliphatic rings. The number of rotatable bonds is 5. The molecule has 2 rings (SSSR count). The number of likely N-dealkylation sites (tertiary alicyclic amines) is 1. The number of benzene rings is 1. The fraction of sp³-hybridized carbons (Fsp3) is 0.538. The summed E-state index contributed by atoms with van der Waals surface area (Å²) < 4.78 is 4.88. The lowest BCUT2D eigenvalue weighted by molar-refractivity contribution is 0.272. The first kappa shape index (κ1) is 12.5. The summed E-state index contributed by atoms with van der Waals surface area (Å²) in [6, 6.07) is 8.62. The summed E-state index contributed by atoms with van der Waals surface area (Å²) in [6.07, 6.45) is 3.74. The second kappa shape index (κ2) is 6.08. The van der Waals surface area contributed by atoms with Gasteiger partial charge in [0.1, 0.15) is 0 Å². The first-order chi connectivity index (χ1) is 8.29. The van der Waals surface area contributed by atoms with E-state index in [1.165, 1.54) is 24.9 Å². The minimum Gasteiger partial charge on any atom is -0.537 e. The second-order valence-corrected chi connectivity index (χ2v) is 4.64. The van der Waals surface area contributed by atoms with E-state index in [2.05, 4.69) is 24.0 Å². The van der Waals surface area contributed by atoms with Gasteiger partial charge in [-0.15, -0.1) is 0 Å². The van der Waals surface area contributed by atoms with Crippen LogP contribution >= 0.6 is 0 Å². The van der Waals surface area contributed by atoms with Crippen LogP contribution < -0.4 is 4.65 Å². The van der Waals surface area contributed by atoms with Gasteiger partial charge in [-0.3, -0.25) is 0 Å². The molecule has 0 unspecified atom stereocenters. The van der Waals surface area contributed by atoms with Crippen molar-refractivity contribution in [1.29, 1.82) is 0 Å². The van der Waals surface area contributed by atoms with Crippen molar-refractivity contribution >= 4 is 7.69 Å². The molecule has 1 saturated heterocycles. The molecule has 1 aliphatic heterocycles. The standard InChI is InChI=1S/C13H19BNO2/c1-11-3-2-9-15(11)10-8-12-4-6-13(7-5-12)17-14-16/h4-7,11,16H,2-3,8-10H2,1H3/t11-/m1/s1. The Bertz CT molecular complexity index is 342. The average molecular weight is 232 g/mol. The molecule has 1 radical (unpaired) electrons. The van der Waals surface area contributed by atoms with E-state index in [4.69, 9.17) is 9.68 Å². The fourth-order valence-corrected chi connectivity index (χ4v) is 2.39. The SMILES string of the molecule is C[C@@H]1CCCN1CCc1ccc(O[B]O)cc1. The third-order valence-electron chi connectivity index (χ3n) is 3.49. The summed E-state index contributed by atoms with van der Waals surface area (Å²) in [6.45, 7) is 4.68. The zero-order chi connectivity index (χ0) is 12.1. The Morgan fingerprint density at radius 3 is 2.76 bits per heavy atom. The third-order valence-corrected chi connectivity index (χ3v) is 3.49. The van der Waals surface area contributed by atoms with Crippen molar-refractivity contribution in [2.24, 2.45) is 0 Å². The molecular formula is C13H19BNO2. The van der Waals surface area contributed by atoms with E-state index >= 15 is 0 Å². The van der Waals surface area contributed by atoms with Gasteiger partial charge in [-0.05, 0) is 50.4 Å². The topological polar surface area (TPSA) is 32.7 Å². The van der Waals surface area contributed by atoms with Gasteiger partial charge in [0.15, 0.2) is 0 Å². The maximum atomic E-state index is 8.51. The Morgan fingerprint density at radius 1 is 1.41 bits per heavy atom. The first-order valence-electron chi connectivity index (χ1n) is 6.25. The number of hydrogen-bond donors (Lipinski definition) is 1. The maximum absolute atomic E-state index is 8.51. The van der Waals surface area contributed by atoms with Crippen LogP contribution in [0.3, 0.4) is 0 Å². The van der Waals surface area contributed by atoms with Gasteiger partial charge in [-0.2, -0.15) is 0 Å². The molecule has 0 bridgehead atoms. The Hall–Kier alpha value is -0.995. The van der Waals surface area contributed by atoms with Gasteiger partial charge in [0.25, 0.3) is 0 Å². The first-order valence-corrected chi connectivity index (χ1v) is 6.25. The predicted molar refractivity (Wildman–Crippen MR) is 69.0 cm³/mol. The zero-order valence-corrected chi connectivity index (χ0v) is 10.3.